The minimum absolute atomic E-state index is 0.193. The number of rotatable bonds is 3. The molecular formula is C18H28N2O4. The lowest BCUT2D eigenvalue weighted by molar-refractivity contribution is -0.0476. The van der Waals surface area contributed by atoms with Gasteiger partial charge in [0.25, 0.3) is 5.56 Å². The van der Waals surface area contributed by atoms with E-state index in [1.54, 1.807) is 13.1 Å². The van der Waals surface area contributed by atoms with E-state index in [1.807, 2.05) is 47.6 Å². The average molecular weight is 336 g/mol. The highest BCUT2D eigenvalue weighted by Gasteiger charge is 2.25. The van der Waals surface area contributed by atoms with Crippen molar-refractivity contribution in [2.24, 2.45) is 0 Å². The van der Waals surface area contributed by atoms with Gasteiger partial charge in [0.1, 0.15) is 6.10 Å². The number of ether oxygens (including phenoxy) is 2. The Kier molecular flexibility index (Phi) is 4.93. The van der Waals surface area contributed by atoms with Crippen LogP contribution in [0.25, 0.3) is 5.70 Å². The van der Waals surface area contributed by atoms with Gasteiger partial charge in [0.05, 0.1) is 24.5 Å². The number of hydrogen-bond acceptors (Lipinski definition) is 4. The fourth-order valence-corrected chi connectivity index (χ4v) is 2.55. The van der Waals surface area contributed by atoms with Gasteiger partial charge >= 0.3 is 5.69 Å². The van der Waals surface area contributed by atoms with Crippen molar-refractivity contribution >= 4 is 5.70 Å². The topological polar surface area (TPSA) is 62.5 Å². The van der Waals surface area contributed by atoms with Gasteiger partial charge in [-0.3, -0.25) is 13.9 Å². The van der Waals surface area contributed by atoms with Crippen molar-refractivity contribution in [1.82, 2.24) is 9.13 Å². The first kappa shape index (κ1) is 18.7. The monoisotopic (exact) mass is 336 g/mol. The van der Waals surface area contributed by atoms with Crippen LogP contribution in [0.2, 0.25) is 0 Å². The quantitative estimate of drug-likeness (QED) is 0.848. The minimum atomic E-state index is -0.587. The third-order valence-corrected chi connectivity index (χ3v) is 3.74. The molecule has 24 heavy (non-hydrogen) atoms. The predicted octanol–water partition coefficient (Wildman–Crippen LogP) is 2.13. The van der Waals surface area contributed by atoms with E-state index in [0.29, 0.717) is 18.8 Å². The van der Waals surface area contributed by atoms with E-state index in [2.05, 4.69) is 0 Å². The Bertz CT molecular complexity index is 757. The Morgan fingerprint density at radius 3 is 2.38 bits per heavy atom. The molecule has 6 heteroatoms. The van der Waals surface area contributed by atoms with Crippen molar-refractivity contribution in [3.63, 3.8) is 0 Å². The molecule has 0 spiro atoms. The molecular weight excluding hydrogens is 308 g/mol. The molecule has 1 atom stereocenters. The minimum Gasteiger partial charge on any atom is -0.373 e. The highest BCUT2D eigenvalue weighted by Crippen LogP contribution is 2.18. The lowest BCUT2D eigenvalue weighted by Crippen LogP contribution is -2.48. The summed E-state index contributed by atoms with van der Waals surface area (Å²) in [6.07, 6.45) is 3.29. The van der Waals surface area contributed by atoms with E-state index in [9.17, 15) is 9.59 Å². The summed E-state index contributed by atoms with van der Waals surface area (Å²) in [5.74, 6) is 0. The summed E-state index contributed by atoms with van der Waals surface area (Å²) in [6.45, 7) is 14.0. The summed E-state index contributed by atoms with van der Waals surface area (Å²) in [5.41, 5.74) is -0.159. The van der Waals surface area contributed by atoms with Gasteiger partial charge in [0, 0.05) is 17.3 Å². The first-order valence-corrected chi connectivity index (χ1v) is 8.22. The van der Waals surface area contributed by atoms with Gasteiger partial charge in [-0.2, -0.15) is 0 Å². The summed E-state index contributed by atoms with van der Waals surface area (Å²) in [7, 11) is 0. The van der Waals surface area contributed by atoms with Crippen molar-refractivity contribution in [2.75, 3.05) is 13.2 Å². The Labute approximate surface area is 142 Å². The molecule has 0 aromatic carbocycles. The second-order valence-electron chi connectivity index (χ2n) is 8.21. The molecule has 0 fully saturated rings. The third-order valence-electron chi connectivity index (χ3n) is 3.74. The molecule has 2 rings (SSSR count). The Hall–Kier alpha value is -1.66. The standard InChI is InChI=1S/C18H28N2O4/c1-12-9-19(16(22)20(15(12)21)17(2,3)4)13-8-14(23-10-13)11-24-18(5,6)7/h8-9,14H,10-11H2,1-7H3/t14-/m0/s1. The zero-order chi connectivity index (χ0) is 18.3. The third kappa shape index (κ3) is 4.05. The summed E-state index contributed by atoms with van der Waals surface area (Å²) >= 11 is 0. The van der Waals surface area contributed by atoms with Crippen LogP contribution in [0, 0.1) is 6.92 Å². The molecule has 0 saturated heterocycles. The van der Waals surface area contributed by atoms with E-state index in [-0.39, 0.29) is 23.0 Å². The van der Waals surface area contributed by atoms with Crippen molar-refractivity contribution in [3.8, 4) is 0 Å². The summed E-state index contributed by atoms with van der Waals surface area (Å²) < 4.78 is 14.2. The second kappa shape index (κ2) is 6.33. The van der Waals surface area contributed by atoms with Gasteiger partial charge in [-0.05, 0) is 54.5 Å². The van der Waals surface area contributed by atoms with Gasteiger partial charge in [-0.25, -0.2) is 4.79 Å². The molecule has 1 aromatic heterocycles. The summed E-state index contributed by atoms with van der Waals surface area (Å²) in [5, 5.41) is 0. The van der Waals surface area contributed by atoms with Crippen LogP contribution in [0.1, 0.15) is 47.1 Å². The molecule has 6 nitrogen and oxygen atoms in total. The van der Waals surface area contributed by atoms with Gasteiger partial charge in [-0.1, -0.05) is 0 Å². The largest absolute Gasteiger partial charge is 0.373 e. The number of aryl methyl sites for hydroxylation is 1. The molecule has 0 aliphatic carbocycles. The van der Waals surface area contributed by atoms with E-state index >= 15 is 0 Å². The fourth-order valence-electron chi connectivity index (χ4n) is 2.55. The van der Waals surface area contributed by atoms with Gasteiger partial charge in [-0.15, -0.1) is 0 Å². The van der Waals surface area contributed by atoms with Crippen LogP contribution in [0.3, 0.4) is 0 Å². The zero-order valence-electron chi connectivity index (χ0n) is 15.7. The number of aromatic nitrogens is 2. The van der Waals surface area contributed by atoms with E-state index in [0.717, 1.165) is 5.70 Å². The molecule has 1 aromatic rings. The molecule has 0 saturated carbocycles. The Balaban J connectivity index is 2.39. The van der Waals surface area contributed by atoms with E-state index in [4.69, 9.17) is 9.47 Å². The molecule has 0 N–H and O–H groups in total. The number of nitrogens with zero attached hydrogens (tertiary/aromatic N) is 2. The lowest BCUT2D eigenvalue weighted by Gasteiger charge is -2.23. The van der Waals surface area contributed by atoms with Gasteiger partial charge in [0.2, 0.25) is 0 Å². The molecule has 1 aliphatic rings. The van der Waals surface area contributed by atoms with Crippen LogP contribution in [0.5, 0.6) is 0 Å². The Morgan fingerprint density at radius 1 is 1.21 bits per heavy atom. The van der Waals surface area contributed by atoms with Crippen LogP contribution < -0.4 is 11.2 Å². The average Bonchev–Trinajstić information content (AvgIpc) is 2.87. The van der Waals surface area contributed by atoms with Crippen molar-refractivity contribution in [3.05, 3.63) is 38.7 Å². The smallest absolute Gasteiger partial charge is 0.335 e. The van der Waals surface area contributed by atoms with Crippen molar-refractivity contribution in [1.29, 1.82) is 0 Å². The van der Waals surface area contributed by atoms with E-state index < -0.39 is 5.54 Å². The maximum absolute atomic E-state index is 12.8. The maximum Gasteiger partial charge on any atom is 0.335 e. The first-order chi connectivity index (χ1) is 10.9. The lowest BCUT2D eigenvalue weighted by atomic mass is 10.1. The molecule has 0 bridgehead atoms. The van der Waals surface area contributed by atoms with Crippen molar-refractivity contribution in [2.45, 2.75) is 65.7 Å². The van der Waals surface area contributed by atoms with Crippen molar-refractivity contribution < 1.29 is 9.47 Å². The molecule has 0 radical (unpaired) electrons. The first-order valence-electron chi connectivity index (χ1n) is 8.22. The van der Waals surface area contributed by atoms with E-state index in [1.165, 1.54) is 9.13 Å². The zero-order valence-corrected chi connectivity index (χ0v) is 15.7. The normalized spacial score (nSPS) is 18.8. The highest BCUT2D eigenvalue weighted by atomic mass is 16.5. The molecule has 134 valence electrons. The van der Waals surface area contributed by atoms with Crippen LogP contribution >= 0.6 is 0 Å². The predicted molar refractivity (Wildman–Crippen MR) is 94.4 cm³/mol. The van der Waals surface area contributed by atoms with Crippen LogP contribution in [0.4, 0.5) is 0 Å². The SMILES string of the molecule is Cc1cn(C2=C[C@@H](COC(C)(C)C)OC2)c(=O)n(C(C)(C)C)c1=O. The fraction of sp³-hybridized carbons (Fsp3) is 0.667. The molecule has 1 aliphatic heterocycles. The molecule has 2 heterocycles. The molecule has 0 amide bonds. The van der Waals surface area contributed by atoms with Crippen LogP contribution in [-0.4, -0.2) is 34.1 Å². The van der Waals surface area contributed by atoms with Crippen LogP contribution in [-0.2, 0) is 15.0 Å². The van der Waals surface area contributed by atoms with Crippen LogP contribution in [0.15, 0.2) is 21.9 Å². The Morgan fingerprint density at radius 2 is 1.83 bits per heavy atom. The maximum atomic E-state index is 12.8. The molecule has 0 unspecified atom stereocenters. The van der Waals surface area contributed by atoms with Gasteiger partial charge in [0.15, 0.2) is 0 Å². The van der Waals surface area contributed by atoms with Gasteiger partial charge < -0.3 is 9.47 Å². The highest BCUT2D eigenvalue weighted by molar-refractivity contribution is 5.49. The summed E-state index contributed by atoms with van der Waals surface area (Å²) in [6, 6.07) is 0. The second-order valence-corrected chi connectivity index (χ2v) is 8.21. The number of hydrogen-bond donors (Lipinski definition) is 0. The summed E-state index contributed by atoms with van der Waals surface area (Å²) in [4.78, 5) is 25.2.